The summed E-state index contributed by atoms with van der Waals surface area (Å²) in [5, 5.41) is 4.32. The first-order chi connectivity index (χ1) is 14.9. The van der Waals surface area contributed by atoms with Crippen LogP contribution in [0.15, 0.2) is 48.5 Å². The van der Waals surface area contributed by atoms with E-state index in [0.717, 1.165) is 24.0 Å². The molecule has 0 saturated heterocycles. The van der Waals surface area contributed by atoms with Crippen molar-refractivity contribution in [1.29, 1.82) is 0 Å². The van der Waals surface area contributed by atoms with Crippen LogP contribution in [-0.4, -0.2) is 35.1 Å². The third-order valence-corrected chi connectivity index (χ3v) is 6.38. The number of benzene rings is 2. The average molecular weight is 481 g/mol. The number of hydrogen-bond acceptors (Lipinski definition) is 3. The molecule has 2 aromatic rings. The van der Waals surface area contributed by atoms with E-state index in [1.165, 1.54) is 11.8 Å². The van der Waals surface area contributed by atoms with E-state index < -0.39 is 6.04 Å². The highest BCUT2D eigenvalue weighted by atomic mass is 35.5. The van der Waals surface area contributed by atoms with Gasteiger partial charge in [0.25, 0.3) is 0 Å². The molecule has 2 amide bonds. The van der Waals surface area contributed by atoms with Crippen LogP contribution in [0.4, 0.5) is 0 Å². The van der Waals surface area contributed by atoms with Crippen molar-refractivity contribution < 1.29 is 9.59 Å². The van der Waals surface area contributed by atoms with Crippen LogP contribution in [0.3, 0.4) is 0 Å². The van der Waals surface area contributed by atoms with Gasteiger partial charge in [-0.15, -0.1) is 11.8 Å². The Balaban J connectivity index is 2.08. The van der Waals surface area contributed by atoms with E-state index >= 15 is 0 Å². The van der Waals surface area contributed by atoms with Crippen LogP contribution >= 0.6 is 35.0 Å². The predicted molar refractivity (Wildman–Crippen MR) is 132 cm³/mol. The zero-order chi connectivity index (χ0) is 22.6. The van der Waals surface area contributed by atoms with Gasteiger partial charge in [0.15, 0.2) is 0 Å². The van der Waals surface area contributed by atoms with Gasteiger partial charge >= 0.3 is 0 Å². The molecule has 1 atom stereocenters. The summed E-state index contributed by atoms with van der Waals surface area (Å²) in [6.45, 7) is 5.02. The second-order valence-electron chi connectivity index (χ2n) is 7.34. The molecule has 0 saturated carbocycles. The second-order valence-corrected chi connectivity index (χ2v) is 9.19. The summed E-state index contributed by atoms with van der Waals surface area (Å²) in [6.07, 6.45) is 2.48. The van der Waals surface area contributed by atoms with E-state index in [1.807, 2.05) is 43.3 Å². The highest BCUT2D eigenvalue weighted by Gasteiger charge is 2.28. The molecule has 0 spiro atoms. The lowest BCUT2D eigenvalue weighted by Crippen LogP contribution is -2.49. The molecule has 2 aromatic carbocycles. The number of carbonyl (C=O) groups is 2. The quantitative estimate of drug-likeness (QED) is 0.381. The molecule has 31 heavy (non-hydrogen) atoms. The third kappa shape index (κ3) is 8.76. The molecule has 0 aromatic heterocycles. The van der Waals surface area contributed by atoms with Crippen LogP contribution in [0.5, 0.6) is 0 Å². The molecular weight excluding hydrogens is 451 g/mol. The Morgan fingerprint density at radius 1 is 0.968 bits per heavy atom. The van der Waals surface area contributed by atoms with Gasteiger partial charge in [0, 0.05) is 28.9 Å². The van der Waals surface area contributed by atoms with Gasteiger partial charge in [-0.05, 0) is 48.2 Å². The number of amides is 2. The lowest BCUT2D eigenvalue weighted by molar-refractivity contribution is -0.139. The first-order valence-electron chi connectivity index (χ1n) is 10.6. The molecule has 0 fully saturated rings. The van der Waals surface area contributed by atoms with E-state index in [1.54, 1.807) is 17.0 Å². The van der Waals surface area contributed by atoms with Gasteiger partial charge in [-0.2, -0.15) is 0 Å². The zero-order valence-electron chi connectivity index (χ0n) is 18.1. The summed E-state index contributed by atoms with van der Waals surface area (Å²) in [4.78, 5) is 27.7. The fraction of sp³-hybridized carbons (Fsp3) is 0.417. The SMILES string of the molecule is CCCCNC(=O)[C@H](CC)N(Cc1ccc(Cl)cc1)C(=O)CSCc1ccc(Cl)cc1. The van der Waals surface area contributed by atoms with Crippen molar-refractivity contribution in [3.63, 3.8) is 0 Å². The van der Waals surface area contributed by atoms with Crippen molar-refractivity contribution in [2.45, 2.75) is 51.4 Å². The van der Waals surface area contributed by atoms with E-state index in [-0.39, 0.29) is 11.8 Å². The monoisotopic (exact) mass is 480 g/mol. The summed E-state index contributed by atoms with van der Waals surface area (Å²) in [5.74, 6) is 0.860. The summed E-state index contributed by atoms with van der Waals surface area (Å²) < 4.78 is 0. The maximum atomic E-state index is 13.2. The maximum absolute atomic E-state index is 13.2. The molecule has 2 rings (SSSR count). The van der Waals surface area contributed by atoms with Gasteiger partial charge in [-0.25, -0.2) is 0 Å². The number of unbranched alkanes of at least 4 members (excludes halogenated alkanes) is 1. The molecule has 0 aliphatic rings. The van der Waals surface area contributed by atoms with Crippen molar-refractivity contribution in [1.82, 2.24) is 10.2 Å². The van der Waals surface area contributed by atoms with Crippen LogP contribution in [0, 0.1) is 0 Å². The Labute approximate surface area is 199 Å². The number of nitrogens with one attached hydrogen (secondary N) is 1. The molecule has 0 aliphatic carbocycles. The van der Waals surface area contributed by atoms with Gasteiger partial charge in [0.2, 0.25) is 11.8 Å². The van der Waals surface area contributed by atoms with Crippen molar-refractivity contribution in [3.8, 4) is 0 Å². The maximum Gasteiger partial charge on any atom is 0.242 e. The van der Waals surface area contributed by atoms with Gasteiger partial charge in [0.1, 0.15) is 6.04 Å². The number of hydrogen-bond donors (Lipinski definition) is 1. The van der Waals surface area contributed by atoms with Crippen molar-refractivity contribution in [2.75, 3.05) is 12.3 Å². The third-order valence-electron chi connectivity index (χ3n) is 4.89. The molecule has 0 radical (unpaired) electrons. The minimum absolute atomic E-state index is 0.0496. The minimum atomic E-state index is -0.504. The molecule has 7 heteroatoms. The molecule has 168 valence electrons. The number of thioether (sulfide) groups is 1. The number of rotatable bonds is 12. The Hall–Kier alpha value is -1.69. The number of nitrogens with zero attached hydrogens (tertiary/aromatic N) is 1. The first kappa shape index (κ1) is 25.6. The molecule has 0 heterocycles. The Kier molecular flexibility index (Phi) is 11.3. The van der Waals surface area contributed by atoms with Crippen LogP contribution in [-0.2, 0) is 21.9 Å². The highest BCUT2D eigenvalue weighted by molar-refractivity contribution is 7.99. The van der Waals surface area contributed by atoms with Crippen molar-refractivity contribution in [3.05, 3.63) is 69.7 Å². The summed E-state index contributed by atoms with van der Waals surface area (Å²) in [7, 11) is 0. The Morgan fingerprint density at radius 2 is 1.55 bits per heavy atom. The highest BCUT2D eigenvalue weighted by Crippen LogP contribution is 2.19. The predicted octanol–water partition coefficient (Wildman–Crippen LogP) is 5.95. The number of carbonyl (C=O) groups excluding carboxylic acids is 2. The topological polar surface area (TPSA) is 49.4 Å². The van der Waals surface area contributed by atoms with E-state index in [4.69, 9.17) is 23.2 Å². The Bertz CT molecular complexity index is 828. The lowest BCUT2D eigenvalue weighted by Gasteiger charge is -2.30. The zero-order valence-corrected chi connectivity index (χ0v) is 20.4. The van der Waals surface area contributed by atoms with Gasteiger partial charge in [-0.1, -0.05) is 67.7 Å². The van der Waals surface area contributed by atoms with E-state index in [0.29, 0.717) is 41.1 Å². The fourth-order valence-electron chi connectivity index (χ4n) is 3.13. The standard InChI is InChI=1S/C24H30Cl2N2O2S/c1-3-5-14-27-24(30)22(4-2)28(15-18-6-10-20(25)11-7-18)23(29)17-31-16-19-8-12-21(26)13-9-19/h6-13,22H,3-5,14-17H2,1-2H3,(H,27,30)/t22-/m0/s1. The normalized spacial score (nSPS) is 11.7. The molecule has 0 bridgehead atoms. The summed E-state index contributed by atoms with van der Waals surface area (Å²) in [6, 6.07) is 14.5. The summed E-state index contributed by atoms with van der Waals surface area (Å²) >= 11 is 13.5. The molecule has 0 unspecified atom stereocenters. The molecule has 0 aliphatic heterocycles. The number of halogens is 2. The first-order valence-corrected chi connectivity index (χ1v) is 12.5. The second kappa shape index (κ2) is 13.7. The van der Waals surface area contributed by atoms with Crippen molar-refractivity contribution >= 4 is 46.8 Å². The van der Waals surface area contributed by atoms with Gasteiger partial charge < -0.3 is 10.2 Å². The molecular formula is C24H30Cl2N2O2S. The fourth-order valence-corrected chi connectivity index (χ4v) is 4.25. The lowest BCUT2D eigenvalue weighted by atomic mass is 10.1. The minimum Gasteiger partial charge on any atom is -0.354 e. The van der Waals surface area contributed by atoms with Gasteiger partial charge in [-0.3, -0.25) is 9.59 Å². The van der Waals surface area contributed by atoms with E-state index in [2.05, 4.69) is 12.2 Å². The van der Waals surface area contributed by atoms with Crippen molar-refractivity contribution in [2.24, 2.45) is 0 Å². The molecule has 4 nitrogen and oxygen atoms in total. The Morgan fingerprint density at radius 3 is 2.10 bits per heavy atom. The van der Waals surface area contributed by atoms with Crippen LogP contribution in [0.25, 0.3) is 0 Å². The smallest absolute Gasteiger partial charge is 0.242 e. The van der Waals surface area contributed by atoms with Crippen LogP contribution < -0.4 is 5.32 Å². The van der Waals surface area contributed by atoms with Crippen LogP contribution in [0.1, 0.15) is 44.2 Å². The molecule has 1 N–H and O–H groups in total. The largest absolute Gasteiger partial charge is 0.354 e. The summed E-state index contributed by atoms with van der Waals surface area (Å²) in [5.41, 5.74) is 2.05. The average Bonchev–Trinajstić information content (AvgIpc) is 2.76. The van der Waals surface area contributed by atoms with Gasteiger partial charge in [0.05, 0.1) is 5.75 Å². The van der Waals surface area contributed by atoms with Crippen LogP contribution in [0.2, 0.25) is 10.0 Å². The van der Waals surface area contributed by atoms with E-state index in [9.17, 15) is 9.59 Å².